The van der Waals surface area contributed by atoms with Crippen LogP contribution in [0.1, 0.15) is 11.1 Å². The predicted molar refractivity (Wildman–Crippen MR) is 72.6 cm³/mol. The Morgan fingerprint density at radius 1 is 1.19 bits per heavy atom. The molecule has 0 aliphatic heterocycles. The molecule has 0 aliphatic rings. The van der Waals surface area contributed by atoms with Crippen LogP contribution in [0.15, 0.2) is 41.6 Å². The van der Waals surface area contributed by atoms with Gasteiger partial charge in [0.05, 0.1) is 5.69 Å². The van der Waals surface area contributed by atoms with E-state index >= 15 is 0 Å². The second kappa shape index (κ2) is 6.17. The van der Waals surface area contributed by atoms with Gasteiger partial charge in [0.25, 0.3) is 0 Å². The molecule has 0 amide bonds. The summed E-state index contributed by atoms with van der Waals surface area (Å²) in [6.45, 7) is 0.0455. The van der Waals surface area contributed by atoms with Crippen molar-refractivity contribution in [3.8, 4) is 0 Å². The topological polar surface area (TPSA) is 70.6 Å². The lowest BCUT2D eigenvalue weighted by Gasteiger charge is -2.09. The van der Waals surface area contributed by atoms with Gasteiger partial charge in [-0.15, -0.1) is 0 Å². The number of amidine groups is 1. The van der Waals surface area contributed by atoms with Crippen LogP contribution in [0.25, 0.3) is 0 Å². The third kappa shape index (κ3) is 3.44. The summed E-state index contributed by atoms with van der Waals surface area (Å²) in [5, 5.41) is 14.0. The predicted octanol–water partition coefficient (Wildman–Crippen LogP) is 2.81. The van der Waals surface area contributed by atoms with Crippen molar-refractivity contribution in [1.29, 1.82) is 0 Å². The van der Waals surface area contributed by atoms with Gasteiger partial charge in [0, 0.05) is 12.1 Å². The molecule has 110 valence electrons. The number of rotatable bonds is 4. The highest BCUT2D eigenvalue weighted by molar-refractivity contribution is 5.97. The first-order chi connectivity index (χ1) is 10.0. The Balaban J connectivity index is 2.20. The molecular formula is C14H12F3N3O. The summed E-state index contributed by atoms with van der Waals surface area (Å²) in [7, 11) is 0. The first-order valence-corrected chi connectivity index (χ1v) is 5.96. The van der Waals surface area contributed by atoms with Crippen LogP contribution in [-0.2, 0) is 6.54 Å². The lowest BCUT2D eigenvalue weighted by atomic mass is 10.1. The molecule has 0 aromatic heterocycles. The van der Waals surface area contributed by atoms with Crippen LogP contribution in [-0.4, -0.2) is 11.0 Å². The van der Waals surface area contributed by atoms with E-state index < -0.39 is 17.5 Å². The molecule has 0 saturated heterocycles. The van der Waals surface area contributed by atoms with E-state index in [1.165, 1.54) is 24.3 Å². The number of oxime groups is 1. The van der Waals surface area contributed by atoms with E-state index in [0.717, 1.165) is 12.1 Å². The molecule has 0 atom stereocenters. The number of nitrogens with one attached hydrogen (secondary N) is 1. The minimum atomic E-state index is -1.01. The summed E-state index contributed by atoms with van der Waals surface area (Å²) < 4.78 is 40.0. The molecule has 2 rings (SSSR count). The Morgan fingerprint density at radius 3 is 2.67 bits per heavy atom. The van der Waals surface area contributed by atoms with Crippen molar-refractivity contribution in [3.05, 3.63) is 65.0 Å². The van der Waals surface area contributed by atoms with Gasteiger partial charge in [-0.1, -0.05) is 11.2 Å². The number of nitrogens with two attached hydrogens (primary N) is 1. The molecule has 0 aliphatic carbocycles. The standard InChI is InChI=1S/C14H12F3N3O/c15-10-5-8(4-9(6-10)14(18)20-21)7-19-12-3-1-2-11(16)13(12)17/h1-6,19,21H,7H2,(H2,18,20). The summed E-state index contributed by atoms with van der Waals surface area (Å²) in [6.07, 6.45) is 0. The highest BCUT2D eigenvalue weighted by atomic mass is 19.2. The smallest absolute Gasteiger partial charge is 0.181 e. The first kappa shape index (κ1) is 14.7. The van der Waals surface area contributed by atoms with E-state index in [1.54, 1.807) is 0 Å². The molecule has 2 aromatic carbocycles. The maximum Gasteiger partial charge on any atom is 0.181 e. The molecule has 4 N–H and O–H groups in total. The molecule has 2 aromatic rings. The van der Waals surface area contributed by atoms with E-state index in [2.05, 4.69) is 10.5 Å². The minimum absolute atomic E-state index is 0.0374. The normalized spacial score (nSPS) is 11.5. The van der Waals surface area contributed by atoms with Crippen LogP contribution >= 0.6 is 0 Å². The molecule has 0 heterocycles. The van der Waals surface area contributed by atoms with Gasteiger partial charge in [0.15, 0.2) is 17.5 Å². The molecule has 0 spiro atoms. The van der Waals surface area contributed by atoms with E-state index in [-0.39, 0.29) is 23.6 Å². The third-order valence-corrected chi connectivity index (χ3v) is 2.80. The summed E-state index contributed by atoms with van der Waals surface area (Å²) in [4.78, 5) is 0. The van der Waals surface area contributed by atoms with Crippen LogP contribution in [0.3, 0.4) is 0 Å². The lowest BCUT2D eigenvalue weighted by molar-refractivity contribution is 0.318. The van der Waals surface area contributed by atoms with Crippen molar-refractivity contribution < 1.29 is 18.4 Å². The van der Waals surface area contributed by atoms with Gasteiger partial charge >= 0.3 is 0 Å². The molecule has 21 heavy (non-hydrogen) atoms. The van der Waals surface area contributed by atoms with Gasteiger partial charge in [0.1, 0.15) is 5.82 Å². The number of anilines is 1. The van der Waals surface area contributed by atoms with E-state index in [4.69, 9.17) is 10.9 Å². The molecule has 0 saturated carbocycles. The lowest BCUT2D eigenvalue weighted by Crippen LogP contribution is -2.14. The van der Waals surface area contributed by atoms with Crippen molar-refractivity contribution in [2.45, 2.75) is 6.54 Å². The first-order valence-electron chi connectivity index (χ1n) is 5.96. The fourth-order valence-corrected chi connectivity index (χ4v) is 1.80. The summed E-state index contributed by atoms with van der Waals surface area (Å²) >= 11 is 0. The van der Waals surface area contributed by atoms with Crippen molar-refractivity contribution in [2.75, 3.05) is 5.32 Å². The fourth-order valence-electron chi connectivity index (χ4n) is 1.80. The van der Waals surface area contributed by atoms with Gasteiger partial charge < -0.3 is 16.3 Å². The average Bonchev–Trinajstić information content (AvgIpc) is 2.47. The molecule has 7 heteroatoms. The van der Waals surface area contributed by atoms with E-state index in [1.807, 2.05) is 0 Å². The zero-order chi connectivity index (χ0) is 15.4. The van der Waals surface area contributed by atoms with E-state index in [0.29, 0.717) is 5.56 Å². The van der Waals surface area contributed by atoms with Gasteiger partial charge in [-0.25, -0.2) is 13.2 Å². The van der Waals surface area contributed by atoms with Crippen LogP contribution in [0.2, 0.25) is 0 Å². The molecular weight excluding hydrogens is 283 g/mol. The number of hydrogen-bond acceptors (Lipinski definition) is 3. The summed E-state index contributed by atoms with van der Waals surface area (Å²) in [5.74, 6) is -2.81. The second-order valence-electron chi connectivity index (χ2n) is 4.29. The van der Waals surface area contributed by atoms with Crippen LogP contribution in [0.4, 0.5) is 18.9 Å². The zero-order valence-corrected chi connectivity index (χ0v) is 10.8. The quantitative estimate of drug-likeness (QED) is 0.351. The summed E-state index contributed by atoms with van der Waals surface area (Å²) in [5.41, 5.74) is 5.97. The van der Waals surface area contributed by atoms with Crippen LogP contribution in [0.5, 0.6) is 0 Å². The number of hydrogen-bond donors (Lipinski definition) is 3. The van der Waals surface area contributed by atoms with Crippen LogP contribution in [0, 0.1) is 17.5 Å². The van der Waals surface area contributed by atoms with Crippen molar-refractivity contribution in [3.63, 3.8) is 0 Å². The van der Waals surface area contributed by atoms with Crippen molar-refractivity contribution >= 4 is 11.5 Å². The Morgan fingerprint density at radius 2 is 1.95 bits per heavy atom. The van der Waals surface area contributed by atoms with Gasteiger partial charge in [0.2, 0.25) is 0 Å². The van der Waals surface area contributed by atoms with Gasteiger partial charge in [-0.05, 0) is 35.9 Å². The van der Waals surface area contributed by atoms with Crippen molar-refractivity contribution in [2.24, 2.45) is 10.9 Å². The summed E-state index contributed by atoms with van der Waals surface area (Å²) in [6, 6.07) is 7.50. The zero-order valence-electron chi connectivity index (χ0n) is 10.8. The molecule has 0 fully saturated rings. The average molecular weight is 295 g/mol. The largest absolute Gasteiger partial charge is 0.409 e. The maximum absolute atomic E-state index is 13.5. The number of nitrogens with zero attached hydrogens (tertiary/aromatic N) is 1. The number of benzene rings is 2. The van der Waals surface area contributed by atoms with E-state index in [9.17, 15) is 13.2 Å². The van der Waals surface area contributed by atoms with Gasteiger partial charge in [-0.3, -0.25) is 0 Å². The fraction of sp³-hybridized carbons (Fsp3) is 0.0714. The Labute approximate surface area is 118 Å². The highest BCUT2D eigenvalue weighted by Crippen LogP contribution is 2.18. The molecule has 0 radical (unpaired) electrons. The van der Waals surface area contributed by atoms with Crippen molar-refractivity contribution in [1.82, 2.24) is 0 Å². The SMILES string of the molecule is N/C(=N/O)c1cc(F)cc(CNc2cccc(F)c2F)c1. The second-order valence-corrected chi connectivity index (χ2v) is 4.29. The van der Waals surface area contributed by atoms with Gasteiger partial charge in [-0.2, -0.15) is 0 Å². The third-order valence-electron chi connectivity index (χ3n) is 2.80. The molecule has 0 unspecified atom stereocenters. The minimum Gasteiger partial charge on any atom is -0.409 e. The Bertz CT molecular complexity index is 689. The Kier molecular flexibility index (Phi) is 4.32. The highest BCUT2D eigenvalue weighted by Gasteiger charge is 2.08. The molecule has 0 bridgehead atoms. The van der Waals surface area contributed by atoms with Crippen LogP contribution < -0.4 is 11.1 Å². The molecule has 4 nitrogen and oxygen atoms in total. The number of halogens is 3. The monoisotopic (exact) mass is 295 g/mol. The maximum atomic E-state index is 13.5. The Hall–Kier alpha value is -2.70.